The van der Waals surface area contributed by atoms with Crippen LogP contribution in [0.15, 0.2) is 12.7 Å². The third kappa shape index (κ3) is 6.34. The van der Waals surface area contributed by atoms with Crippen LogP contribution in [0.2, 0.25) is 0 Å². The quantitative estimate of drug-likeness (QED) is 0.467. The van der Waals surface area contributed by atoms with Gasteiger partial charge in [0.25, 0.3) is 0 Å². The Morgan fingerprint density at radius 1 is 1.50 bits per heavy atom. The molecule has 0 bridgehead atoms. The highest BCUT2D eigenvalue weighted by Gasteiger charge is 2.04. The van der Waals surface area contributed by atoms with E-state index in [1.54, 1.807) is 6.08 Å². The molecular weight excluding hydrogens is 156 g/mol. The van der Waals surface area contributed by atoms with E-state index in [0.717, 1.165) is 0 Å². The van der Waals surface area contributed by atoms with E-state index >= 15 is 0 Å². The first-order chi connectivity index (χ1) is 5.70. The molecular formula is C9H18O3. The van der Waals surface area contributed by atoms with Crippen LogP contribution in [-0.2, 0) is 9.47 Å². The maximum atomic E-state index is 9.03. The topological polar surface area (TPSA) is 38.7 Å². The SMILES string of the molecule is C=CCOC(C)COC(O)CC. The Morgan fingerprint density at radius 2 is 2.17 bits per heavy atom. The fourth-order valence-electron chi connectivity index (χ4n) is 0.645. The van der Waals surface area contributed by atoms with Gasteiger partial charge >= 0.3 is 0 Å². The van der Waals surface area contributed by atoms with Crippen molar-refractivity contribution in [2.45, 2.75) is 32.7 Å². The van der Waals surface area contributed by atoms with Gasteiger partial charge in [-0.1, -0.05) is 13.0 Å². The smallest absolute Gasteiger partial charge is 0.154 e. The van der Waals surface area contributed by atoms with Crippen LogP contribution in [0.25, 0.3) is 0 Å². The molecule has 0 aliphatic carbocycles. The minimum Gasteiger partial charge on any atom is -0.372 e. The number of aliphatic hydroxyl groups excluding tert-OH is 1. The second kappa shape index (κ2) is 7.28. The van der Waals surface area contributed by atoms with E-state index in [2.05, 4.69) is 6.58 Å². The number of hydrogen-bond acceptors (Lipinski definition) is 3. The van der Waals surface area contributed by atoms with E-state index in [1.807, 2.05) is 13.8 Å². The van der Waals surface area contributed by atoms with Crippen LogP contribution in [0.3, 0.4) is 0 Å². The lowest BCUT2D eigenvalue weighted by Gasteiger charge is -2.14. The summed E-state index contributed by atoms with van der Waals surface area (Å²) in [5.41, 5.74) is 0. The Hall–Kier alpha value is -0.380. The summed E-state index contributed by atoms with van der Waals surface area (Å²) in [6.45, 7) is 8.22. The van der Waals surface area contributed by atoms with Crippen molar-refractivity contribution in [3.8, 4) is 0 Å². The molecule has 0 spiro atoms. The molecule has 0 saturated carbocycles. The van der Waals surface area contributed by atoms with Crippen molar-refractivity contribution in [2.24, 2.45) is 0 Å². The van der Waals surface area contributed by atoms with Gasteiger partial charge in [-0.15, -0.1) is 6.58 Å². The third-order valence-corrected chi connectivity index (χ3v) is 1.37. The van der Waals surface area contributed by atoms with Crippen molar-refractivity contribution in [3.05, 3.63) is 12.7 Å². The van der Waals surface area contributed by atoms with Crippen molar-refractivity contribution >= 4 is 0 Å². The third-order valence-electron chi connectivity index (χ3n) is 1.37. The van der Waals surface area contributed by atoms with Gasteiger partial charge in [0, 0.05) is 0 Å². The molecule has 0 aromatic carbocycles. The normalized spacial score (nSPS) is 15.6. The van der Waals surface area contributed by atoms with E-state index in [4.69, 9.17) is 14.6 Å². The fourth-order valence-corrected chi connectivity index (χ4v) is 0.645. The van der Waals surface area contributed by atoms with Gasteiger partial charge in [0.15, 0.2) is 6.29 Å². The van der Waals surface area contributed by atoms with Gasteiger partial charge in [-0.05, 0) is 13.3 Å². The lowest BCUT2D eigenvalue weighted by molar-refractivity contribution is -0.126. The summed E-state index contributed by atoms with van der Waals surface area (Å²) in [7, 11) is 0. The Balaban J connectivity index is 3.29. The molecule has 2 unspecified atom stereocenters. The maximum Gasteiger partial charge on any atom is 0.154 e. The first-order valence-electron chi connectivity index (χ1n) is 4.22. The predicted octanol–water partition coefficient (Wildman–Crippen LogP) is 1.32. The molecule has 0 amide bonds. The second-order valence-corrected chi connectivity index (χ2v) is 2.63. The molecule has 0 rings (SSSR count). The van der Waals surface area contributed by atoms with E-state index in [-0.39, 0.29) is 6.10 Å². The van der Waals surface area contributed by atoms with Gasteiger partial charge in [0.05, 0.1) is 19.3 Å². The highest BCUT2D eigenvalue weighted by molar-refractivity contribution is 4.65. The largest absolute Gasteiger partial charge is 0.372 e. The first kappa shape index (κ1) is 11.6. The van der Waals surface area contributed by atoms with Gasteiger partial charge in [-0.3, -0.25) is 0 Å². The summed E-state index contributed by atoms with van der Waals surface area (Å²) in [5.74, 6) is 0. The summed E-state index contributed by atoms with van der Waals surface area (Å²) in [4.78, 5) is 0. The zero-order valence-corrected chi connectivity index (χ0v) is 7.82. The monoisotopic (exact) mass is 174 g/mol. The van der Waals surface area contributed by atoms with Crippen molar-refractivity contribution in [1.29, 1.82) is 0 Å². The molecule has 0 aromatic heterocycles. The molecule has 0 aromatic rings. The number of hydrogen-bond donors (Lipinski definition) is 1. The van der Waals surface area contributed by atoms with Crippen LogP contribution in [0.1, 0.15) is 20.3 Å². The molecule has 0 heterocycles. The van der Waals surface area contributed by atoms with Crippen LogP contribution < -0.4 is 0 Å². The van der Waals surface area contributed by atoms with Crippen molar-refractivity contribution in [2.75, 3.05) is 13.2 Å². The second-order valence-electron chi connectivity index (χ2n) is 2.63. The number of ether oxygens (including phenoxy) is 2. The molecule has 2 atom stereocenters. The first-order valence-corrected chi connectivity index (χ1v) is 4.22. The predicted molar refractivity (Wildman–Crippen MR) is 47.9 cm³/mol. The summed E-state index contributed by atoms with van der Waals surface area (Å²) in [5, 5.41) is 9.03. The van der Waals surface area contributed by atoms with Crippen LogP contribution in [0.5, 0.6) is 0 Å². The van der Waals surface area contributed by atoms with Crippen molar-refractivity contribution < 1.29 is 14.6 Å². The van der Waals surface area contributed by atoms with Crippen LogP contribution in [0, 0.1) is 0 Å². The van der Waals surface area contributed by atoms with Crippen LogP contribution >= 0.6 is 0 Å². The van der Waals surface area contributed by atoms with Gasteiger partial charge in [0.2, 0.25) is 0 Å². The van der Waals surface area contributed by atoms with E-state index < -0.39 is 6.29 Å². The van der Waals surface area contributed by atoms with E-state index in [0.29, 0.717) is 19.6 Å². The summed E-state index contributed by atoms with van der Waals surface area (Å²) >= 11 is 0. The average molecular weight is 174 g/mol. The van der Waals surface area contributed by atoms with Crippen molar-refractivity contribution in [1.82, 2.24) is 0 Å². The Labute approximate surface area is 74.0 Å². The molecule has 0 aliphatic rings. The van der Waals surface area contributed by atoms with Gasteiger partial charge in [0.1, 0.15) is 0 Å². The molecule has 1 N–H and O–H groups in total. The maximum absolute atomic E-state index is 9.03. The standard InChI is InChI=1S/C9H18O3/c1-4-6-11-8(3)7-12-9(10)5-2/h4,8-10H,1,5-7H2,2-3H3. The Kier molecular flexibility index (Phi) is 7.05. The highest BCUT2D eigenvalue weighted by atomic mass is 16.6. The minimum atomic E-state index is -0.667. The summed E-state index contributed by atoms with van der Waals surface area (Å²) in [6, 6.07) is 0. The minimum absolute atomic E-state index is 0.00389. The molecule has 0 radical (unpaired) electrons. The van der Waals surface area contributed by atoms with Crippen LogP contribution in [0.4, 0.5) is 0 Å². The molecule has 0 saturated heterocycles. The molecule has 12 heavy (non-hydrogen) atoms. The molecule has 72 valence electrons. The fraction of sp³-hybridized carbons (Fsp3) is 0.778. The Morgan fingerprint density at radius 3 is 2.67 bits per heavy atom. The number of aliphatic hydroxyl groups is 1. The zero-order chi connectivity index (χ0) is 9.40. The lowest BCUT2D eigenvalue weighted by Crippen LogP contribution is -2.21. The van der Waals surface area contributed by atoms with Gasteiger partial charge < -0.3 is 14.6 Å². The molecule has 0 aliphatic heterocycles. The summed E-state index contributed by atoms with van der Waals surface area (Å²) in [6.07, 6.45) is 1.63. The average Bonchev–Trinajstić information content (AvgIpc) is 2.10. The van der Waals surface area contributed by atoms with Crippen LogP contribution in [-0.4, -0.2) is 30.7 Å². The Bertz CT molecular complexity index is 114. The van der Waals surface area contributed by atoms with Crippen molar-refractivity contribution in [3.63, 3.8) is 0 Å². The van der Waals surface area contributed by atoms with E-state index in [1.165, 1.54) is 0 Å². The summed E-state index contributed by atoms with van der Waals surface area (Å²) < 4.78 is 10.3. The van der Waals surface area contributed by atoms with Gasteiger partial charge in [-0.25, -0.2) is 0 Å². The lowest BCUT2D eigenvalue weighted by atomic mass is 10.4. The number of rotatable bonds is 7. The molecule has 3 heteroatoms. The molecule has 0 fully saturated rings. The highest BCUT2D eigenvalue weighted by Crippen LogP contribution is 1.97. The van der Waals surface area contributed by atoms with E-state index in [9.17, 15) is 0 Å². The van der Waals surface area contributed by atoms with Gasteiger partial charge in [-0.2, -0.15) is 0 Å². The molecule has 3 nitrogen and oxygen atoms in total. The zero-order valence-electron chi connectivity index (χ0n) is 7.82.